The van der Waals surface area contributed by atoms with Crippen molar-refractivity contribution in [3.63, 3.8) is 0 Å². The van der Waals surface area contributed by atoms with Crippen molar-refractivity contribution >= 4 is 33.2 Å². The molecule has 0 spiro atoms. The molecule has 0 heterocycles. The van der Waals surface area contributed by atoms with Crippen molar-refractivity contribution in [1.82, 2.24) is 0 Å². The minimum Gasteiger partial charge on any atom is -0.325 e. The maximum atomic E-state index is 11.2. The highest BCUT2D eigenvalue weighted by atomic mass is 79.9. The minimum atomic E-state index is -0.387. The van der Waals surface area contributed by atoms with Gasteiger partial charge in [-0.15, -0.1) is 0 Å². The van der Waals surface area contributed by atoms with Crippen LogP contribution in [0, 0.1) is 10.1 Å². The number of rotatable bonds is 2. The molecule has 3 rings (SSSR count). The van der Waals surface area contributed by atoms with E-state index in [9.17, 15) is 14.9 Å². The molecule has 0 fully saturated rings. The third-order valence-electron chi connectivity index (χ3n) is 3.47. The van der Waals surface area contributed by atoms with Gasteiger partial charge in [-0.25, -0.2) is 0 Å². The summed E-state index contributed by atoms with van der Waals surface area (Å²) in [5.41, 5.74) is 4.85. The van der Waals surface area contributed by atoms with Crippen molar-refractivity contribution in [2.75, 3.05) is 5.32 Å². The minimum absolute atomic E-state index is 0.0997. The maximum absolute atomic E-state index is 11.2. The van der Waals surface area contributed by atoms with E-state index in [2.05, 4.69) is 21.2 Å². The van der Waals surface area contributed by atoms with Crippen LogP contribution in [0.4, 0.5) is 11.4 Å². The number of hydrogen-bond donors (Lipinski definition) is 1. The van der Waals surface area contributed by atoms with Crippen LogP contribution in [0.25, 0.3) is 11.1 Å². The molecule has 6 heteroatoms. The molecule has 0 saturated heterocycles. The Morgan fingerprint density at radius 3 is 2.62 bits per heavy atom. The Balaban J connectivity index is 2.07. The van der Waals surface area contributed by atoms with Gasteiger partial charge in [0.2, 0.25) is 5.91 Å². The summed E-state index contributed by atoms with van der Waals surface area (Å²) in [5.74, 6) is -0.137. The number of benzene rings is 2. The predicted molar refractivity (Wildman–Crippen MR) is 83.3 cm³/mol. The number of non-ortho nitro benzene ring substituents is 1. The summed E-state index contributed by atoms with van der Waals surface area (Å²) < 4.78 is 0.794. The molecule has 0 unspecified atom stereocenters. The Kier molecular flexibility index (Phi) is 3.25. The molecule has 21 heavy (non-hydrogen) atoms. The van der Waals surface area contributed by atoms with Gasteiger partial charge >= 0.3 is 0 Å². The fourth-order valence-corrected chi connectivity index (χ4v) is 3.05. The number of nitro groups is 1. The predicted octanol–water partition coefficient (Wildman–Crippen LogP) is 3.89. The normalized spacial score (nSPS) is 11.7. The number of carbonyl (C=O) groups excluding carboxylic acids is 1. The number of anilines is 1. The smallest absolute Gasteiger partial charge is 0.269 e. The van der Waals surface area contributed by atoms with Crippen molar-refractivity contribution in [2.24, 2.45) is 0 Å². The number of fused-ring (bicyclic) bond motifs is 3. The van der Waals surface area contributed by atoms with Crippen LogP contribution < -0.4 is 5.32 Å². The van der Waals surface area contributed by atoms with Crippen molar-refractivity contribution in [1.29, 1.82) is 0 Å². The Morgan fingerprint density at radius 1 is 1.24 bits per heavy atom. The Labute approximate surface area is 129 Å². The number of nitrogens with one attached hydrogen (secondary N) is 1. The molecule has 0 radical (unpaired) electrons. The van der Waals surface area contributed by atoms with E-state index < -0.39 is 0 Å². The molecule has 0 aromatic heterocycles. The average molecular weight is 347 g/mol. The SMILES string of the molecule is CC(=O)Nc1cc2c(cc1Br)-c1ccc([N+](=O)[O-])cc1C2. The summed E-state index contributed by atoms with van der Waals surface area (Å²) in [4.78, 5) is 21.7. The van der Waals surface area contributed by atoms with Crippen molar-refractivity contribution in [3.8, 4) is 11.1 Å². The van der Waals surface area contributed by atoms with Gasteiger partial charge in [-0.3, -0.25) is 14.9 Å². The summed E-state index contributed by atoms with van der Waals surface area (Å²) in [6.45, 7) is 1.46. The van der Waals surface area contributed by atoms with Gasteiger partial charge in [-0.2, -0.15) is 0 Å². The van der Waals surface area contributed by atoms with Crippen LogP contribution in [-0.4, -0.2) is 10.8 Å². The lowest BCUT2D eigenvalue weighted by Gasteiger charge is -2.08. The highest BCUT2D eigenvalue weighted by Gasteiger charge is 2.22. The van der Waals surface area contributed by atoms with Gasteiger partial charge in [0.1, 0.15) is 0 Å². The summed E-state index contributed by atoms with van der Waals surface area (Å²) in [6.07, 6.45) is 0.631. The van der Waals surface area contributed by atoms with Gasteiger partial charge < -0.3 is 5.32 Å². The maximum Gasteiger partial charge on any atom is 0.269 e. The first-order valence-electron chi connectivity index (χ1n) is 6.33. The summed E-state index contributed by atoms with van der Waals surface area (Å²) in [5, 5.41) is 13.6. The first kappa shape index (κ1) is 13.8. The second-order valence-corrected chi connectivity index (χ2v) is 5.80. The van der Waals surface area contributed by atoms with E-state index in [1.807, 2.05) is 12.1 Å². The van der Waals surface area contributed by atoms with Gasteiger partial charge in [0, 0.05) is 23.5 Å². The molecule has 1 aliphatic carbocycles. The highest BCUT2D eigenvalue weighted by molar-refractivity contribution is 9.10. The number of nitrogens with zero attached hydrogens (tertiary/aromatic N) is 1. The first-order chi connectivity index (χ1) is 9.95. The van der Waals surface area contributed by atoms with E-state index in [0.29, 0.717) is 12.1 Å². The largest absolute Gasteiger partial charge is 0.325 e. The molecule has 0 bridgehead atoms. The Bertz CT molecular complexity index is 787. The van der Waals surface area contributed by atoms with Crippen LogP contribution in [0.2, 0.25) is 0 Å². The van der Waals surface area contributed by atoms with Gasteiger partial charge in [-0.05, 0) is 62.8 Å². The molecule has 5 nitrogen and oxygen atoms in total. The molecular formula is C15H11BrN2O3. The summed E-state index contributed by atoms with van der Waals surface area (Å²) >= 11 is 3.44. The third kappa shape index (κ3) is 2.42. The van der Waals surface area contributed by atoms with Gasteiger partial charge in [0.15, 0.2) is 0 Å². The quantitative estimate of drug-likeness (QED) is 0.565. The van der Waals surface area contributed by atoms with Crippen LogP contribution in [-0.2, 0) is 11.2 Å². The lowest BCUT2D eigenvalue weighted by Crippen LogP contribution is -2.06. The summed E-state index contributed by atoms with van der Waals surface area (Å²) in [7, 11) is 0. The standard InChI is InChI=1S/C15H11BrN2O3/c1-8(19)17-15-6-10-4-9-5-11(18(20)21)2-3-12(9)13(10)7-14(15)16/h2-3,5-7H,4H2,1H3,(H,17,19). The van der Waals surface area contributed by atoms with Crippen LogP contribution >= 0.6 is 15.9 Å². The lowest BCUT2D eigenvalue weighted by molar-refractivity contribution is -0.384. The zero-order chi connectivity index (χ0) is 15.1. The zero-order valence-electron chi connectivity index (χ0n) is 11.1. The van der Waals surface area contributed by atoms with Crippen molar-refractivity contribution in [3.05, 3.63) is 56.0 Å². The van der Waals surface area contributed by atoms with E-state index in [1.165, 1.54) is 13.0 Å². The van der Waals surface area contributed by atoms with Gasteiger partial charge in [0.05, 0.1) is 10.6 Å². The lowest BCUT2D eigenvalue weighted by atomic mass is 10.1. The molecular weight excluding hydrogens is 336 g/mol. The number of carbonyl (C=O) groups is 1. The second-order valence-electron chi connectivity index (χ2n) is 4.95. The number of halogens is 1. The topological polar surface area (TPSA) is 72.2 Å². The molecule has 0 aliphatic heterocycles. The monoisotopic (exact) mass is 346 g/mol. The van der Waals surface area contributed by atoms with Crippen LogP contribution in [0.15, 0.2) is 34.8 Å². The van der Waals surface area contributed by atoms with E-state index in [1.54, 1.807) is 12.1 Å². The van der Waals surface area contributed by atoms with Gasteiger partial charge in [0.25, 0.3) is 5.69 Å². The number of nitro benzene ring substituents is 1. The van der Waals surface area contributed by atoms with Crippen LogP contribution in [0.1, 0.15) is 18.1 Å². The van der Waals surface area contributed by atoms with E-state index in [-0.39, 0.29) is 16.5 Å². The molecule has 106 valence electrons. The molecule has 0 saturated carbocycles. The Hall–Kier alpha value is -2.21. The molecule has 1 N–H and O–H groups in total. The zero-order valence-corrected chi connectivity index (χ0v) is 12.7. The first-order valence-corrected chi connectivity index (χ1v) is 7.12. The summed E-state index contributed by atoms with van der Waals surface area (Å²) in [6, 6.07) is 8.76. The van der Waals surface area contributed by atoms with Crippen molar-refractivity contribution < 1.29 is 9.72 Å². The molecule has 2 aromatic carbocycles. The molecule has 1 aliphatic rings. The van der Waals surface area contributed by atoms with E-state index >= 15 is 0 Å². The van der Waals surface area contributed by atoms with Crippen LogP contribution in [0.5, 0.6) is 0 Å². The Morgan fingerprint density at radius 2 is 1.95 bits per heavy atom. The number of hydrogen-bond acceptors (Lipinski definition) is 3. The highest BCUT2D eigenvalue weighted by Crippen LogP contribution is 2.42. The molecule has 0 atom stereocenters. The number of amides is 1. The average Bonchev–Trinajstić information content (AvgIpc) is 2.75. The van der Waals surface area contributed by atoms with Gasteiger partial charge in [-0.1, -0.05) is 0 Å². The fraction of sp³-hybridized carbons (Fsp3) is 0.133. The van der Waals surface area contributed by atoms with Crippen molar-refractivity contribution in [2.45, 2.75) is 13.3 Å². The fourth-order valence-electron chi connectivity index (χ4n) is 2.61. The van der Waals surface area contributed by atoms with Crippen LogP contribution in [0.3, 0.4) is 0 Å². The molecule has 1 amide bonds. The van der Waals surface area contributed by atoms with E-state index in [4.69, 9.17) is 0 Å². The third-order valence-corrected chi connectivity index (χ3v) is 4.13. The van der Waals surface area contributed by atoms with E-state index in [0.717, 1.165) is 26.7 Å². The molecule has 2 aromatic rings. The second kappa shape index (κ2) is 4.96.